The van der Waals surface area contributed by atoms with Crippen molar-refractivity contribution in [1.82, 2.24) is 4.90 Å². The van der Waals surface area contributed by atoms with Crippen LogP contribution in [0.25, 0.3) is 0 Å². The lowest BCUT2D eigenvalue weighted by atomic mass is 9.98. The van der Waals surface area contributed by atoms with Gasteiger partial charge < -0.3 is 9.64 Å². The Hall–Kier alpha value is -1.42. The highest BCUT2D eigenvalue weighted by atomic mass is 19.1. The first-order valence-electron chi connectivity index (χ1n) is 6.44. The van der Waals surface area contributed by atoms with Gasteiger partial charge in [-0.1, -0.05) is 12.1 Å². The largest absolute Gasteiger partial charge is 0.366 e. The summed E-state index contributed by atoms with van der Waals surface area (Å²) in [7, 11) is 0. The van der Waals surface area contributed by atoms with Gasteiger partial charge in [0.25, 0.3) is 5.91 Å². The lowest BCUT2D eigenvalue weighted by Gasteiger charge is -2.47. The van der Waals surface area contributed by atoms with Gasteiger partial charge in [-0.05, 0) is 39.8 Å². The maximum Gasteiger partial charge on any atom is 0.257 e. The van der Waals surface area contributed by atoms with Gasteiger partial charge in [-0.15, -0.1) is 0 Å². The van der Waals surface area contributed by atoms with E-state index < -0.39 is 17.0 Å². The maximum atomic E-state index is 13.7. The van der Waals surface area contributed by atoms with Gasteiger partial charge in [0.15, 0.2) is 0 Å². The fraction of sp³-hybridized carbons (Fsp3) is 0.533. The number of morpholine rings is 1. The molecule has 4 heteroatoms. The van der Waals surface area contributed by atoms with Crippen LogP contribution in [0.4, 0.5) is 4.39 Å². The molecule has 1 saturated heterocycles. The van der Waals surface area contributed by atoms with E-state index >= 15 is 0 Å². The van der Waals surface area contributed by atoms with E-state index in [9.17, 15) is 9.18 Å². The van der Waals surface area contributed by atoms with Crippen LogP contribution in [0.15, 0.2) is 24.3 Å². The van der Waals surface area contributed by atoms with Gasteiger partial charge in [0.05, 0.1) is 16.8 Å². The van der Waals surface area contributed by atoms with Crippen LogP contribution < -0.4 is 0 Å². The lowest BCUT2D eigenvalue weighted by molar-refractivity contribution is -0.171. The number of hydrogen-bond donors (Lipinski definition) is 0. The first kappa shape index (κ1) is 14.0. The molecule has 1 aromatic rings. The van der Waals surface area contributed by atoms with Crippen molar-refractivity contribution in [2.75, 3.05) is 13.1 Å². The van der Waals surface area contributed by atoms with Gasteiger partial charge in [-0.2, -0.15) is 0 Å². The molecular formula is C15H20FNO2. The van der Waals surface area contributed by atoms with Gasteiger partial charge in [0, 0.05) is 13.1 Å². The van der Waals surface area contributed by atoms with Crippen molar-refractivity contribution in [3.63, 3.8) is 0 Å². The maximum absolute atomic E-state index is 13.7. The number of ether oxygens (including phenoxy) is 1. The van der Waals surface area contributed by atoms with Gasteiger partial charge >= 0.3 is 0 Å². The van der Waals surface area contributed by atoms with Crippen molar-refractivity contribution in [3.8, 4) is 0 Å². The predicted octanol–water partition coefficient (Wildman–Crippen LogP) is 2.86. The van der Waals surface area contributed by atoms with E-state index in [1.54, 1.807) is 17.0 Å². The number of hydrogen-bond acceptors (Lipinski definition) is 2. The molecule has 1 fully saturated rings. The zero-order chi connectivity index (χ0) is 14.3. The smallest absolute Gasteiger partial charge is 0.257 e. The molecule has 1 aliphatic rings. The second-order valence-electron chi connectivity index (χ2n) is 6.26. The van der Waals surface area contributed by atoms with Crippen LogP contribution in [0.2, 0.25) is 0 Å². The molecule has 0 radical (unpaired) electrons. The summed E-state index contributed by atoms with van der Waals surface area (Å²) in [5.41, 5.74) is -0.735. The third-order valence-corrected chi connectivity index (χ3v) is 3.09. The lowest BCUT2D eigenvalue weighted by Crippen LogP contribution is -2.58. The molecule has 0 saturated carbocycles. The van der Waals surface area contributed by atoms with Crippen LogP contribution >= 0.6 is 0 Å². The zero-order valence-corrected chi connectivity index (χ0v) is 11.9. The number of carbonyl (C=O) groups excluding carboxylic acids is 1. The average molecular weight is 265 g/mol. The average Bonchev–Trinajstić information content (AvgIpc) is 2.24. The SMILES string of the molecule is CC1(C)CN(C(=O)c2ccccc2F)CC(C)(C)O1. The van der Waals surface area contributed by atoms with Gasteiger partial charge in [0.2, 0.25) is 0 Å². The topological polar surface area (TPSA) is 29.5 Å². The van der Waals surface area contributed by atoms with Crippen LogP contribution in [0, 0.1) is 5.82 Å². The van der Waals surface area contributed by atoms with Crippen molar-refractivity contribution in [1.29, 1.82) is 0 Å². The number of nitrogens with zero attached hydrogens (tertiary/aromatic N) is 1. The summed E-state index contributed by atoms with van der Waals surface area (Å²) in [6.45, 7) is 8.68. The number of benzene rings is 1. The third kappa shape index (κ3) is 3.13. The Morgan fingerprint density at radius 3 is 2.21 bits per heavy atom. The molecule has 1 heterocycles. The summed E-state index contributed by atoms with van der Waals surface area (Å²) < 4.78 is 19.6. The molecule has 0 aliphatic carbocycles. The van der Waals surface area contributed by atoms with Crippen LogP contribution in [0.1, 0.15) is 38.1 Å². The van der Waals surface area contributed by atoms with E-state index in [0.717, 1.165) is 0 Å². The molecule has 0 aromatic heterocycles. The Labute approximate surface area is 113 Å². The number of amides is 1. The minimum atomic E-state index is -0.477. The summed E-state index contributed by atoms with van der Waals surface area (Å²) in [6, 6.07) is 6.09. The van der Waals surface area contributed by atoms with Gasteiger partial charge in [-0.25, -0.2) is 4.39 Å². The minimum absolute atomic E-state index is 0.121. The molecule has 2 rings (SSSR count). The summed E-state index contributed by atoms with van der Waals surface area (Å²) in [5, 5.41) is 0. The van der Waals surface area contributed by atoms with E-state index in [4.69, 9.17) is 4.74 Å². The van der Waals surface area contributed by atoms with E-state index in [-0.39, 0.29) is 11.5 Å². The van der Waals surface area contributed by atoms with Crippen molar-refractivity contribution < 1.29 is 13.9 Å². The quantitative estimate of drug-likeness (QED) is 0.781. The van der Waals surface area contributed by atoms with E-state index in [0.29, 0.717) is 13.1 Å². The molecule has 0 unspecified atom stereocenters. The molecule has 0 atom stereocenters. The Kier molecular flexibility index (Phi) is 3.39. The van der Waals surface area contributed by atoms with Crippen molar-refractivity contribution in [3.05, 3.63) is 35.6 Å². The molecule has 3 nitrogen and oxygen atoms in total. The van der Waals surface area contributed by atoms with E-state index in [1.807, 2.05) is 27.7 Å². The minimum Gasteiger partial charge on any atom is -0.366 e. The monoisotopic (exact) mass is 265 g/mol. The number of rotatable bonds is 1. The fourth-order valence-electron chi connectivity index (χ4n) is 2.74. The summed E-state index contributed by atoms with van der Waals surface area (Å²) >= 11 is 0. The third-order valence-electron chi connectivity index (χ3n) is 3.09. The summed E-state index contributed by atoms with van der Waals surface area (Å²) in [6.07, 6.45) is 0. The van der Waals surface area contributed by atoms with Gasteiger partial charge in [0.1, 0.15) is 5.82 Å². The summed E-state index contributed by atoms with van der Waals surface area (Å²) in [5.74, 6) is -0.753. The predicted molar refractivity (Wildman–Crippen MR) is 71.5 cm³/mol. The Morgan fingerprint density at radius 2 is 1.68 bits per heavy atom. The molecule has 104 valence electrons. The molecule has 0 spiro atoms. The molecule has 1 aromatic carbocycles. The highest BCUT2D eigenvalue weighted by Crippen LogP contribution is 2.29. The first-order chi connectivity index (χ1) is 8.70. The highest BCUT2D eigenvalue weighted by Gasteiger charge is 2.40. The number of carbonyl (C=O) groups is 1. The zero-order valence-electron chi connectivity index (χ0n) is 11.9. The van der Waals surface area contributed by atoms with Crippen molar-refractivity contribution in [2.45, 2.75) is 38.9 Å². The van der Waals surface area contributed by atoms with Crippen LogP contribution in [-0.4, -0.2) is 35.1 Å². The first-order valence-corrected chi connectivity index (χ1v) is 6.44. The molecule has 0 N–H and O–H groups in total. The van der Waals surface area contributed by atoms with Crippen LogP contribution in [0.3, 0.4) is 0 Å². The standard InChI is InChI=1S/C15H20FNO2/c1-14(2)9-17(10-15(3,4)19-14)13(18)11-7-5-6-8-12(11)16/h5-8H,9-10H2,1-4H3. The molecule has 1 amide bonds. The molecule has 1 aliphatic heterocycles. The summed E-state index contributed by atoms with van der Waals surface area (Å²) in [4.78, 5) is 14.1. The number of halogens is 1. The highest BCUT2D eigenvalue weighted by molar-refractivity contribution is 5.94. The van der Waals surface area contributed by atoms with Crippen molar-refractivity contribution in [2.24, 2.45) is 0 Å². The molecule has 0 bridgehead atoms. The van der Waals surface area contributed by atoms with Crippen molar-refractivity contribution >= 4 is 5.91 Å². The second-order valence-corrected chi connectivity index (χ2v) is 6.26. The normalized spacial score (nSPS) is 21.2. The Morgan fingerprint density at radius 1 is 1.16 bits per heavy atom. The van der Waals surface area contributed by atoms with Crippen LogP contribution in [-0.2, 0) is 4.74 Å². The second kappa shape index (κ2) is 4.60. The van der Waals surface area contributed by atoms with Crippen LogP contribution in [0.5, 0.6) is 0 Å². The van der Waals surface area contributed by atoms with E-state index in [2.05, 4.69) is 0 Å². The Balaban J connectivity index is 2.27. The van der Waals surface area contributed by atoms with Gasteiger partial charge in [-0.3, -0.25) is 4.79 Å². The molecular weight excluding hydrogens is 245 g/mol. The Bertz CT molecular complexity index is 481. The fourth-order valence-corrected chi connectivity index (χ4v) is 2.74. The molecule has 19 heavy (non-hydrogen) atoms. The van der Waals surface area contributed by atoms with E-state index in [1.165, 1.54) is 12.1 Å².